The van der Waals surface area contributed by atoms with Gasteiger partial charge in [0.25, 0.3) is 0 Å². The summed E-state index contributed by atoms with van der Waals surface area (Å²) in [5.74, 6) is 0. The van der Waals surface area contributed by atoms with E-state index in [1.165, 1.54) is 11.9 Å². The van der Waals surface area contributed by atoms with Crippen molar-refractivity contribution in [3.8, 4) is 0 Å². The monoisotopic (exact) mass is 224 g/mol. The van der Waals surface area contributed by atoms with E-state index in [4.69, 9.17) is 0 Å². The van der Waals surface area contributed by atoms with Crippen molar-refractivity contribution in [1.82, 2.24) is 4.31 Å². The Kier molecular flexibility index (Phi) is 4.49. The summed E-state index contributed by atoms with van der Waals surface area (Å²) in [7, 11) is 1.77. The zero-order chi connectivity index (χ0) is 11.3. The fraction of sp³-hybridized carbons (Fsp3) is 0.364. The molecule has 0 fully saturated rings. The average molecular weight is 224 g/mol. The van der Waals surface area contributed by atoms with Crippen LogP contribution in [-0.4, -0.2) is 22.6 Å². The van der Waals surface area contributed by atoms with E-state index >= 15 is 0 Å². The normalized spacial score (nSPS) is 10.1. The van der Waals surface area contributed by atoms with E-state index in [1.54, 1.807) is 11.4 Å². The molecule has 0 aliphatic heterocycles. The number of nitrogens with one attached hydrogen (secondary N) is 1. The zero-order valence-electron chi connectivity index (χ0n) is 9.23. The Balaban J connectivity index is 2.49. The maximum Gasteiger partial charge on any atom is 0.331 e. The maximum absolute atomic E-state index is 11.6. The fourth-order valence-electron chi connectivity index (χ4n) is 1.09. The standard InChI is InChI=1S/C11H16N2OS/c1-9(2)15-13(3)11(14)12-10-7-5-4-6-8-10/h4-9H,1-3H3,(H,12,14). The summed E-state index contributed by atoms with van der Waals surface area (Å²) < 4.78 is 1.61. The lowest BCUT2D eigenvalue weighted by Gasteiger charge is -2.18. The number of urea groups is 1. The molecule has 0 radical (unpaired) electrons. The van der Waals surface area contributed by atoms with Crippen LogP contribution in [0.4, 0.5) is 10.5 Å². The third kappa shape index (κ3) is 4.25. The average Bonchev–Trinajstić information content (AvgIpc) is 2.18. The number of nitrogens with zero attached hydrogens (tertiary/aromatic N) is 1. The number of hydrogen-bond acceptors (Lipinski definition) is 2. The van der Waals surface area contributed by atoms with E-state index in [-0.39, 0.29) is 6.03 Å². The molecule has 0 aromatic heterocycles. The lowest BCUT2D eigenvalue weighted by Crippen LogP contribution is -2.26. The Morgan fingerprint density at radius 3 is 2.47 bits per heavy atom. The van der Waals surface area contributed by atoms with Crippen LogP contribution < -0.4 is 5.32 Å². The van der Waals surface area contributed by atoms with E-state index in [0.717, 1.165) is 5.69 Å². The van der Waals surface area contributed by atoms with Crippen molar-refractivity contribution in [3.63, 3.8) is 0 Å². The van der Waals surface area contributed by atoms with E-state index in [9.17, 15) is 4.79 Å². The zero-order valence-corrected chi connectivity index (χ0v) is 10.0. The second kappa shape index (κ2) is 5.66. The van der Waals surface area contributed by atoms with Crippen molar-refractivity contribution in [2.75, 3.05) is 12.4 Å². The smallest absolute Gasteiger partial charge is 0.307 e. The lowest BCUT2D eigenvalue weighted by atomic mass is 10.3. The summed E-state index contributed by atoms with van der Waals surface area (Å²) in [6, 6.07) is 9.34. The highest BCUT2D eigenvalue weighted by Gasteiger charge is 2.10. The molecule has 0 saturated heterocycles. The largest absolute Gasteiger partial charge is 0.331 e. The summed E-state index contributed by atoms with van der Waals surface area (Å²) in [4.78, 5) is 11.6. The maximum atomic E-state index is 11.6. The first-order valence-electron chi connectivity index (χ1n) is 4.86. The molecule has 1 N–H and O–H groups in total. The number of para-hydroxylation sites is 1. The van der Waals surface area contributed by atoms with Gasteiger partial charge in [-0.15, -0.1) is 0 Å². The molecule has 3 nitrogen and oxygen atoms in total. The van der Waals surface area contributed by atoms with Crippen molar-refractivity contribution >= 4 is 23.7 Å². The minimum Gasteiger partial charge on any atom is -0.307 e. The predicted molar refractivity (Wildman–Crippen MR) is 66.0 cm³/mol. The number of hydrogen-bond donors (Lipinski definition) is 1. The number of anilines is 1. The van der Waals surface area contributed by atoms with Gasteiger partial charge in [0.2, 0.25) is 0 Å². The molecule has 0 aliphatic rings. The van der Waals surface area contributed by atoms with Gasteiger partial charge in [-0.1, -0.05) is 32.0 Å². The molecule has 15 heavy (non-hydrogen) atoms. The van der Waals surface area contributed by atoms with E-state index < -0.39 is 0 Å². The number of carbonyl (C=O) groups is 1. The van der Waals surface area contributed by atoms with Gasteiger partial charge in [0.05, 0.1) is 0 Å². The number of carbonyl (C=O) groups excluding carboxylic acids is 1. The summed E-state index contributed by atoms with van der Waals surface area (Å²) in [5, 5.41) is 3.21. The molecule has 1 rings (SSSR count). The predicted octanol–water partition coefficient (Wildman–Crippen LogP) is 3.21. The summed E-state index contributed by atoms with van der Waals surface area (Å²) in [5.41, 5.74) is 0.818. The van der Waals surface area contributed by atoms with Crippen molar-refractivity contribution in [1.29, 1.82) is 0 Å². The van der Waals surface area contributed by atoms with Crippen LogP contribution in [0.1, 0.15) is 13.8 Å². The molecule has 0 saturated carbocycles. The van der Waals surface area contributed by atoms with Crippen molar-refractivity contribution in [2.24, 2.45) is 0 Å². The molecule has 1 aromatic carbocycles. The van der Waals surface area contributed by atoms with Gasteiger partial charge >= 0.3 is 6.03 Å². The first-order valence-corrected chi connectivity index (χ1v) is 5.70. The molecule has 0 atom stereocenters. The number of rotatable bonds is 3. The Morgan fingerprint density at radius 2 is 1.93 bits per heavy atom. The quantitative estimate of drug-likeness (QED) is 0.800. The molecule has 0 heterocycles. The van der Waals surface area contributed by atoms with Crippen LogP contribution in [0, 0.1) is 0 Å². The van der Waals surface area contributed by atoms with Gasteiger partial charge in [-0.25, -0.2) is 4.79 Å². The highest BCUT2D eigenvalue weighted by atomic mass is 32.2. The van der Waals surface area contributed by atoms with Gasteiger partial charge in [-0.3, -0.25) is 4.31 Å². The Hall–Kier alpha value is -1.16. The molecule has 2 amide bonds. The van der Waals surface area contributed by atoms with Crippen LogP contribution in [0.25, 0.3) is 0 Å². The minimum absolute atomic E-state index is 0.0973. The topological polar surface area (TPSA) is 32.3 Å². The number of amides is 2. The third-order valence-corrected chi connectivity index (χ3v) is 2.58. The van der Waals surface area contributed by atoms with Gasteiger partial charge < -0.3 is 5.32 Å². The Bertz CT molecular complexity index is 314. The van der Waals surface area contributed by atoms with Gasteiger partial charge in [-0.05, 0) is 24.1 Å². The van der Waals surface area contributed by atoms with Crippen LogP contribution >= 0.6 is 11.9 Å². The molecule has 0 spiro atoms. The summed E-state index contributed by atoms with van der Waals surface area (Å²) >= 11 is 1.50. The Morgan fingerprint density at radius 1 is 1.33 bits per heavy atom. The van der Waals surface area contributed by atoms with Gasteiger partial charge in [-0.2, -0.15) is 0 Å². The van der Waals surface area contributed by atoms with Crippen molar-refractivity contribution < 1.29 is 4.79 Å². The van der Waals surface area contributed by atoms with E-state index in [1.807, 2.05) is 30.3 Å². The number of benzene rings is 1. The van der Waals surface area contributed by atoms with E-state index in [2.05, 4.69) is 19.2 Å². The van der Waals surface area contributed by atoms with Gasteiger partial charge in [0.15, 0.2) is 0 Å². The molecule has 0 aliphatic carbocycles. The second-order valence-corrected chi connectivity index (χ2v) is 5.15. The fourth-order valence-corrected chi connectivity index (χ4v) is 1.86. The molecule has 1 aromatic rings. The highest BCUT2D eigenvalue weighted by molar-refractivity contribution is 7.98. The molecule has 0 bridgehead atoms. The van der Waals surface area contributed by atoms with Crippen LogP contribution in [0.3, 0.4) is 0 Å². The summed E-state index contributed by atoms with van der Waals surface area (Å²) in [6.45, 7) is 4.11. The van der Waals surface area contributed by atoms with Crippen LogP contribution in [-0.2, 0) is 0 Å². The highest BCUT2D eigenvalue weighted by Crippen LogP contribution is 2.15. The lowest BCUT2D eigenvalue weighted by molar-refractivity contribution is 0.243. The summed E-state index contributed by atoms with van der Waals surface area (Å²) in [6.07, 6.45) is 0. The van der Waals surface area contributed by atoms with Gasteiger partial charge in [0.1, 0.15) is 0 Å². The third-order valence-electron chi connectivity index (χ3n) is 1.68. The Labute approximate surface area is 95.0 Å². The van der Waals surface area contributed by atoms with E-state index in [0.29, 0.717) is 5.25 Å². The SMILES string of the molecule is CC(C)SN(C)C(=O)Nc1ccccc1. The molecule has 4 heteroatoms. The van der Waals surface area contributed by atoms with Crippen LogP contribution in [0.2, 0.25) is 0 Å². The molecule has 82 valence electrons. The molecule has 0 unspecified atom stereocenters. The van der Waals surface area contributed by atoms with Crippen molar-refractivity contribution in [2.45, 2.75) is 19.1 Å². The second-order valence-electron chi connectivity index (χ2n) is 3.45. The first-order chi connectivity index (χ1) is 7.09. The molecular weight excluding hydrogens is 208 g/mol. The van der Waals surface area contributed by atoms with Crippen molar-refractivity contribution in [3.05, 3.63) is 30.3 Å². The molecular formula is C11H16N2OS. The van der Waals surface area contributed by atoms with Crippen LogP contribution in [0.15, 0.2) is 30.3 Å². The van der Waals surface area contributed by atoms with Gasteiger partial charge in [0, 0.05) is 18.0 Å². The minimum atomic E-state index is -0.0973. The first kappa shape index (κ1) is 11.9. The van der Waals surface area contributed by atoms with Crippen LogP contribution in [0.5, 0.6) is 0 Å².